The summed E-state index contributed by atoms with van der Waals surface area (Å²) >= 11 is 0.481. The Kier molecular flexibility index (Phi) is 9.71. The van der Waals surface area contributed by atoms with Gasteiger partial charge in [-0.25, -0.2) is 17.6 Å². The first kappa shape index (κ1) is 38.6. The van der Waals surface area contributed by atoms with E-state index in [1.165, 1.54) is 11.8 Å². The van der Waals surface area contributed by atoms with Gasteiger partial charge >= 0.3 is 18.4 Å². The van der Waals surface area contributed by atoms with Crippen LogP contribution in [0.25, 0.3) is 32.1 Å². The fourth-order valence-electron chi connectivity index (χ4n) is 8.33. The molecule has 3 saturated heterocycles. The maximum atomic E-state index is 15.6. The largest absolute Gasteiger partial charge is 0.461 e. The molecule has 9 nitrogen and oxygen atoms in total. The van der Waals surface area contributed by atoms with Crippen LogP contribution in [0.2, 0.25) is 0 Å². The van der Waals surface area contributed by atoms with Crippen molar-refractivity contribution < 1.29 is 53.4 Å². The minimum absolute atomic E-state index is 0.0527. The monoisotopic (exact) mass is 803 g/mol. The van der Waals surface area contributed by atoms with Crippen LogP contribution in [0.5, 0.6) is 6.01 Å². The summed E-state index contributed by atoms with van der Waals surface area (Å²) in [6.45, 7) is 0.422. The molecule has 0 unspecified atom stereocenters. The van der Waals surface area contributed by atoms with E-state index in [4.69, 9.17) is 10.5 Å². The van der Waals surface area contributed by atoms with Gasteiger partial charge in [0.2, 0.25) is 5.91 Å². The molecule has 2 aromatic heterocycles. The molecule has 4 aromatic rings. The van der Waals surface area contributed by atoms with Crippen LogP contribution in [0.1, 0.15) is 49.3 Å². The number of carbonyl (C=O) groups excluding carboxylic acids is 1. The highest BCUT2D eigenvalue weighted by atomic mass is 32.1. The van der Waals surface area contributed by atoms with Crippen LogP contribution in [0.15, 0.2) is 18.2 Å². The van der Waals surface area contributed by atoms with Gasteiger partial charge in [-0.1, -0.05) is 6.07 Å². The molecule has 55 heavy (non-hydrogen) atoms. The van der Waals surface area contributed by atoms with Gasteiger partial charge in [0, 0.05) is 48.8 Å². The SMILES string of the molecule is CCN(c1nc(OC[C@@]23CCCN2C[C@H](F)C3)nc2c(C(F)(F)F)c(-c3ccc(F)c4sc(N)c(C#N)c34)c(C(F)(F)F)cc12)[C@H]1CC(=O)N(CC(F)F)C1. The Morgan fingerprint density at radius 1 is 1.16 bits per heavy atom. The number of aromatic nitrogens is 2. The Morgan fingerprint density at radius 3 is 2.56 bits per heavy atom. The van der Waals surface area contributed by atoms with Crippen LogP contribution in [0, 0.1) is 17.1 Å². The molecule has 3 atom stereocenters. The van der Waals surface area contributed by atoms with E-state index in [1.54, 1.807) is 6.07 Å². The summed E-state index contributed by atoms with van der Waals surface area (Å²) in [5.74, 6) is -2.24. The third-order valence-electron chi connectivity index (χ3n) is 10.6. The quantitative estimate of drug-likeness (QED) is 0.171. The molecule has 3 aliphatic rings. The zero-order valence-corrected chi connectivity index (χ0v) is 29.6. The molecule has 0 spiro atoms. The topological polar surface area (TPSA) is 112 Å². The van der Waals surface area contributed by atoms with Crippen molar-refractivity contribution in [1.29, 1.82) is 5.26 Å². The molecule has 294 valence electrons. The third-order valence-corrected chi connectivity index (χ3v) is 11.6. The second kappa shape index (κ2) is 13.8. The first-order chi connectivity index (χ1) is 25.9. The van der Waals surface area contributed by atoms with Gasteiger partial charge in [0.05, 0.1) is 45.0 Å². The number of hydrogen-bond acceptors (Lipinski definition) is 9. The predicted octanol–water partition coefficient (Wildman–Crippen LogP) is 7.79. The van der Waals surface area contributed by atoms with Crippen LogP contribution in [0.4, 0.5) is 54.7 Å². The Hall–Kier alpha value is -4.64. The molecule has 0 radical (unpaired) electrons. The molecule has 2 N–H and O–H groups in total. The number of carbonyl (C=O) groups is 1. The van der Waals surface area contributed by atoms with Crippen molar-refractivity contribution in [2.24, 2.45) is 0 Å². The first-order valence-corrected chi connectivity index (χ1v) is 18.0. The number of anilines is 2. The zero-order chi connectivity index (χ0) is 39.8. The number of rotatable bonds is 9. The van der Waals surface area contributed by atoms with Gasteiger partial charge in [-0.05, 0) is 44.0 Å². The van der Waals surface area contributed by atoms with Crippen LogP contribution in [-0.2, 0) is 17.1 Å². The molecule has 5 heterocycles. The van der Waals surface area contributed by atoms with Crippen LogP contribution in [-0.4, -0.2) is 89.2 Å². The number of likely N-dealkylation sites (tertiary alicyclic amines) is 1. The number of halogens is 10. The number of fused-ring (bicyclic) bond motifs is 3. The molecule has 0 aliphatic carbocycles. The van der Waals surface area contributed by atoms with Gasteiger partial charge in [-0.2, -0.15) is 41.6 Å². The second-order valence-corrected chi connectivity index (χ2v) is 14.9. The zero-order valence-electron chi connectivity index (χ0n) is 28.8. The van der Waals surface area contributed by atoms with Crippen LogP contribution in [0.3, 0.4) is 0 Å². The fraction of sp³-hybridized carbons (Fsp3) is 0.486. The summed E-state index contributed by atoms with van der Waals surface area (Å²) in [7, 11) is 0. The number of hydrogen-bond donors (Lipinski definition) is 1. The molecule has 20 heteroatoms. The summed E-state index contributed by atoms with van der Waals surface area (Å²) in [6.07, 6.45) is -14.4. The highest BCUT2D eigenvalue weighted by Crippen LogP contribution is 2.52. The Morgan fingerprint density at radius 2 is 1.91 bits per heavy atom. The van der Waals surface area contributed by atoms with Gasteiger partial charge in [0.15, 0.2) is 0 Å². The van der Waals surface area contributed by atoms with Crippen molar-refractivity contribution in [3.63, 3.8) is 0 Å². The number of likely N-dealkylation sites (N-methyl/N-ethyl adjacent to an activating group) is 1. The number of nitriles is 1. The maximum absolute atomic E-state index is 15.6. The lowest BCUT2D eigenvalue weighted by atomic mass is 9.88. The summed E-state index contributed by atoms with van der Waals surface area (Å²) in [5, 5.41) is 8.20. The molecular formula is C35H31F10N7O2S. The van der Waals surface area contributed by atoms with E-state index in [2.05, 4.69) is 9.97 Å². The number of amides is 1. The Bertz CT molecular complexity index is 2220. The lowest BCUT2D eigenvalue weighted by Crippen LogP contribution is -2.43. The van der Waals surface area contributed by atoms with Crippen molar-refractivity contribution in [1.82, 2.24) is 19.8 Å². The minimum Gasteiger partial charge on any atom is -0.461 e. The fourth-order valence-corrected chi connectivity index (χ4v) is 9.28. The summed E-state index contributed by atoms with van der Waals surface area (Å²) in [5.41, 5.74) is -2.52. The molecule has 1 amide bonds. The van der Waals surface area contributed by atoms with Gasteiger partial charge in [-0.3, -0.25) is 9.69 Å². The molecule has 3 fully saturated rings. The lowest BCUT2D eigenvalue weighted by Gasteiger charge is -2.32. The highest BCUT2D eigenvalue weighted by molar-refractivity contribution is 7.23. The number of nitrogen functional groups attached to an aromatic ring is 1. The lowest BCUT2D eigenvalue weighted by molar-refractivity contribution is -0.141. The number of ether oxygens (including phenoxy) is 1. The Balaban J connectivity index is 1.52. The standard InChI is InChI=1S/C35H31F10N7O2S/c1-2-52(17-8-24(53)50(13-17)14-23(38)39)31-19-9-21(34(40,41)42)26(18-4-5-22(37)29-25(18)20(11-46)30(47)55-29)27(35(43,44)45)28(19)48-32(49-31)54-15-33-6-3-7-51(33)12-16(36)10-33/h4-5,9,16-17,23H,2-3,6-8,10,12-15,47H2,1H3/t16-,17+,33+/m1/s1. The first-order valence-electron chi connectivity index (χ1n) is 17.2. The summed E-state index contributed by atoms with van der Waals surface area (Å²) in [6, 6.07) is 1.74. The highest BCUT2D eigenvalue weighted by Gasteiger charge is 2.50. The van der Waals surface area contributed by atoms with E-state index in [0.717, 1.165) is 4.90 Å². The predicted molar refractivity (Wildman–Crippen MR) is 182 cm³/mol. The van der Waals surface area contributed by atoms with E-state index in [-0.39, 0.29) is 37.7 Å². The number of alkyl halides is 9. The van der Waals surface area contributed by atoms with Crippen molar-refractivity contribution in [3.05, 3.63) is 40.7 Å². The molecular weight excluding hydrogens is 772 g/mol. The minimum atomic E-state index is -5.60. The van der Waals surface area contributed by atoms with Crippen molar-refractivity contribution in [2.75, 3.05) is 50.0 Å². The average Bonchev–Trinajstić information content (AvgIpc) is 3.83. The third kappa shape index (κ3) is 6.72. The normalized spacial score (nSPS) is 22.0. The Labute approximate surface area is 310 Å². The summed E-state index contributed by atoms with van der Waals surface area (Å²) < 4.78 is 154. The molecule has 0 saturated carbocycles. The van der Waals surface area contributed by atoms with Gasteiger partial charge in [0.25, 0.3) is 6.43 Å². The van der Waals surface area contributed by atoms with Gasteiger partial charge in [-0.15, -0.1) is 11.3 Å². The molecule has 2 aromatic carbocycles. The van der Waals surface area contributed by atoms with E-state index in [1.807, 2.05) is 4.90 Å². The molecule has 7 rings (SSSR count). The van der Waals surface area contributed by atoms with E-state index < -0.39 is 122 Å². The van der Waals surface area contributed by atoms with Crippen molar-refractivity contribution in [2.45, 2.75) is 69.1 Å². The summed E-state index contributed by atoms with van der Waals surface area (Å²) in [4.78, 5) is 25.1. The van der Waals surface area contributed by atoms with E-state index >= 15 is 30.7 Å². The van der Waals surface area contributed by atoms with Crippen molar-refractivity contribution in [3.8, 4) is 23.2 Å². The van der Waals surface area contributed by atoms with Crippen LogP contribution >= 0.6 is 11.3 Å². The van der Waals surface area contributed by atoms with E-state index in [9.17, 15) is 23.2 Å². The molecule has 3 aliphatic heterocycles. The number of benzene rings is 2. The van der Waals surface area contributed by atoms with Gasteiger partial charge < -0.3 is 20.3 Å². The second-order valence-electron chi connectivity index (χ2n) is 13.8. The maximum Gasteiger partial charge on any atom is 0.419 e. The van der Waals surface area contributed by atoms with Crippen LogP contribution < -0.4 is 15.4 Å². The van der Waals surface area contributed by atoms with Crippen molar-refractivity contribution >= 4 is 49.1 Å². The number of nitrogens with two attached hydrogens (primary N) is 1. The number of nitrogens with zero attached hydrogens (tertiary/aromatic N) is 6. The van der Waals surface area contributed by atoms with Gasteiger partial charge in [0.1, 0.15) is 35.5 Å². The van der Waals surface area contributed by atoms with E-state index in [0.29, 0.717) is 48.9 Å². The number of thiophene rings is 1. The smallest absolute Gasteiger partial charge is 0.419 e. The average molecular weight is 804 g/mol. The molecule has 0 bridgehead atoms.